The van der Waals surface area contributed by atoms with Gasteiger partial charge in [0, 0.05) is 24.5 Å². The Morgan fingerprint density at radius 3 is 2.56 bits per heavy atom. The first-order valence-corrected chi connectivity index (χ1v) is 8.44. The molecule has 0 amide bonds. The molecule has 0 atom stereocenters. The number of pyridine rings is 1. The molecule has 25 heavy (non-hydrogen) atoms. The van der Waals surface area contributed by atoms with Gasteiger partial charge in [-0.2, -0.15) is 13.2 Å². The van der Waals surface area contributed by atoms with Crippen molar-refractivity contribution in [3.63, 3.8) is 0 Å². The molecule has 134 valence electrons. The molecule has 0 aliphatic carbocycles. The second-order valence-corrected chi connectivity index (χ2v) is 6.32. The lowest BCUT2D eigenvalue weighted by molar-refractivity contribution is -0.137. The Kier molecular flexibility index (Phi) is 5.16. The minimum atomic E-state index is -4.37. The van der Waals surface area contributed by atoms with Gasteiger partial charge in [-0.1, -0.05) is 6.07 Å². The number of halogens is 3. The van der Waals surface area contributed by atoms with Gasteiger partial charge in [-0.05, 0) is 56.5 Å². The van der Waals surface area contributed by atoms with Gasteiger partial charge in [0.25, 0.3) is 0 Å². The highest BCUT2D eigenvalue weighted by Gasteiger charge is 2.30. The van der Waals surface area contributed by atoms with Gasteiger partial charge in [0.05, 0.1) is 11.3 Å². The van der Waals surface area contributed by atoms with Gasteiger partial charge in [0.2, 0.25) is 0 Å². The molecular weight excluding hydrogens is 329 g/mol. The van der Waals surface area contributed by atoms with Crippen molar-refractivity contribution in [1.82, 2.24) is 4.98 Å². The Balaban J connectivity index is 1.72. The molecular formula is C19H21F3N2O. The number of hydrogen-bond donors (Lipinski definition) is 0. The van der Waals surface area contributed by atoms with Gasteiger partial charge in [-0.15, -0.1) is 0 Å². The SMILES string of the molecule is Cc1cc(N2CCCCC2)cc(COc2cccc(C(F)(F)F)c2)n1. The molecule has 0 unspecified atom stereocenters. The molecule has 0 spiro atoms. The molecule has 1 saturated heterocycles. The van der Waals surface area contributed by atoms with Crippen LogP contribution in [0.5, 0.6) is 5.75 Å². The Bertz CT molecular complexity index is 725. The fourth-order valence-corrected chi connectivity index (χ4v) is 3.05. The molecule has 1 fully saturated rings. The Morgan fingerprint density at radius 1 is 1.08 bits per heavy atom. The monoisotopic (exact) mass is 350 g/mol. The van der Waals surface area contributed by atoms with Gasteiger partial charge < -0.3 is 9.64 Å². The highest BCUT2D eigenvalue weighted by Crippen LogP contribution is 2.31. The molecule has 1 aromatic heterocycles. The lowest BCUT2D eigenvalue weighted by Crippen LogP contribution is -2.29. The Hall–Kier alpha value is -2.24. The second kappa shape index (κ2) is 7.33. The quantitative estimate of drug-likeness (QED) is 0.778. The highest BCUT2D eigenvalue weighted by molar-refractivity contribution is 5.48. The molecule has 2 heterocycles. The zero-order chi connectivity index (χ0) is 17.9. The van der Waals surface area contributed by atoms with Crippen molar-refractivity contribution in [3.8, 4) is 5.75 Å². The summed E-state index contributed by atoms with van der Waals surface area (Å²) in [5.74, 6) is 0.192. The number of benzene rings is 1. The lowest BCUT2D eigenvalue weighted by Gasteiger charge is -2.29. The van der Waals surface area contributed by atoms with Gasteiger partial charge in [0.15, 0.2) is 0 Å². The molecule has 3 rings (SSSR count). The van der Waals surface area contributed by atoms with Gasteiger partial charge in [-0.3, -0.25) is 4.98 Å². The van der Waals surface area contributed by atoms with Crippen LogP contribution >= 0.6 is 0 Å². The van der Waals surface area contributed by atoms with Gasteiger partial charge >= 0.3 is 6.18 Å². The Labute approximate surface area is 145 Å². The maximum atomic E-state index is 12.8. The van der Waals surface area contributed by atoms with Gasteiger partial charge in [-0.25, -0.2) is 0 Å². The van der Waals surface area contributed by atoms with Crippen LogP contribution in [0.2, 0.25) is 0 Å². The summed E-state index contributed by atoms with van der Waals surface area (Å²) in [5, 5.41) is 0. The predicted molar refractivity (Wildman–Crippen MR) is 90.8 cm³/mol. The molecule has 2 aromatic rings. The van der Waals surface area contributed by atoms with Crippen LogP contribution in [-0.4, -0.2) is 18.1 Å². The summed E-state index contributed by atoms with van der Waals surface area (Å²) in [4.78, 5) is 6.77. The van der Waals surface area contributed by atoms with Crippen molar-refractivity contribution < 1.29 is 17.9 Å². The van der Waals surface area contributed by atoms with Crippen LogP contribution in [0.3, 0.4) is 0 Å². The van der Waals surface area contributed by atoms with Gasteiger partial charge in [0.1, 0.15) is 12.4 Å². The van der Waals surface area contributed by atoms with Crippen molar-refractivity contribution in [2.24, 2.45) is 0 Å². The van der Waals surface area contributed by atoms with Crippen LogP contribution < -0.4 is 9.64 Å². The van der Waals surface area contributed by atoms with Crippen molar-refractivity contribution in [3.05, 3.63) is 53.3 Å². The van der Waals surface area contributed by atoms with Crippen LogP contribution in [0.1, 0.15) is 36.2 Å². The normalized spacial score (nSPS) is 15.3. The van der Waals surface area contributed by atoms with Crippen molar-refractivity contribution in [2.45, 2.75) is 39.0 Å². The number of piperidine rings is 1. The molecule has 1 aliphatic heterocycles. The predicted octanol–water partition coefficient (Wildman–Crippen LogP) is 4.98. The summed E-state index contributed by atoms with van der Waals surface area (Å²) in [7, 11) is 0. The lowest BCUT2D eigenvalue weighted by atomic mass is 10.1. The zero-order valence-electron chi connectivity index (χ0n) is 14.1. The number of ether oxygens (including phenoxy) is 1. The largest absolute Gasteiger partial charge is 0.487 e. The van der Waals surface area contributed by atoms with E-state index >= 15 is 0 Å². The minimum Gasteiger partial charge on any atom is -0.487 e. The minimum absolute atomic E-state index is 0.143. The van der Waals surface area contributed by atoms with Crippen LogP contribution in [0.4, 0.5) is 18.9 Å². The van der Waals surface area contributed by atoms with E-state index in [1.165, 1.54) is 31.4 Å². The third-order valence-electron chi connectivity index (χ3n) is 4.26. The van der Waals surface area contributed by atoms with E-state index < -0.39 is 11.7 Å². The molecule has 0 saturated carbocycles. The van der Waals surface area contributed by atoms with E-state index in [-0.39, 0.29) is 12.4 Å². The number of hydrogen-bond acceptors (Lipinski definition) is 3. The van der Waals surface area contributed by atoms with Crippen molar-refractivity contribution in [1.29, 1.82) is 0 Å². The molecule has 0 N–H and O–H groups in total. The fraction of sp³-hybridized carbons (Fsp3) is 0.421. The van der Waals surface area contributed by atoms with Crippen LogP contribution in [0.25, 0.3) is 0 Å². The van der Waals surface area contributed by atoms with Crippen molar-refractivity contribution in [2.75, 3.05) is 18.0 Å². The molecule has 1 aliphatic rings. The summed E-state index contributed by atoms with van der Waals surface area (Å²) in [6.07, 6.45) is -0.761. The number of aryl methyl sites for hydroxylation is 1. The fourth-order valence-electron chi connectivity index (χ4n) is 3.05. The molecule has 0 bridgehead atoms. The molecule has 3 nitrogen and oxygen atoms in total. The van der Waals surface area contributed by atoms with E-state index in [4.69, 9.17) is 4.74 Å². The molecule has 0 radical (unpaired) electrons. The molecule has 1 aromatic carbocycles. The summed E-state index contributed by atoms with van der Waals surface area (Å²) >= 11 is 0. The van der Waals surface area contributed by atoms with E-state index in [9.17, 15) is 13.2 Å². The first-order valence-electron chi connectivity index (χ1n) is 8.44. The maximum absolute atomic E-state index is 12.8. The summed E-state index contributed by atoms with van der Waals surface area (Å²) < 4.78 is 43.9. The van der Waals surface area contributed by atoms with E-state index in [1.807, 2.05) is 19.1 Å². The van der Waals surface area contributed by atoms with Crippen LogP contribution in [-0.2, 0) is 12.8 Å². The van der Waals surface area contributed by atoms with E-state index in [0.717, 1.165) is 42.3 Å². The standard InChI is InChI=1S/C19H21F3N2O/c1-14-10-17(24-8-3-2-4-9-24)12-16(23-14)13-25-18-7-5-6-15(11-18)19(20,21)22/h5-7,10-12H,2-4,8-9,13H2,1H3. The average molecular weight is 350 g/mol. The van der Waals surface area contributed by atoms with E-state index in [2.05, 4.69) is 9.88 Å². The number of aromatic nitrogens is 1. The zero-order valence-corrected chi connectivity index (χ0v) is 14.1. The van der Waals surface area contributed by atoms with Crippen molar-refractivity contribution >= 4 is 5.69 Å². The average Bonchev–Trinajstić information content (AvgIpc) is 2.60. The second-order valence-electron chi connectivity index (χ2n) is 6.32. The van der Waals surface area contributed by atoms with E-state index in [0.29, 0.717) is 0 Å². The maximum Gasteiger partial charge on any atom is 0.416 e. The third-order valence-corrected chi connectivity index (χ3v) is 4.26. The number of anilines is 1. The summed E-state index contributed by atoms with van der Waals surface area (Å²) in [5.41, 5.74) is 2.00. The number of nitrogens with zero attached hydrogens (tertiary/aromatic N) is 2. The topological polar surface area (TPSA) is 25.4 Å². The van der Waals surface area contributed by atoms with E-state index in [1.54, 1.807) is 0 Å². The first-order chi connectivity index (χ1) is 11.9. The number of rotatable bonds is 4. The molecule has 6 heteroatoms. The smallest absolute Gasteiger partial charge is 0.416 e. The Morgan fingerprint density at radius 2 is 1.84 bits per heavy atom. The van der Waals surface area contributed by atoms with Crippen LogP contribution in [0.15, 0.2) is 36.4 Å². The third kappa shape index (κ3) is 4.65. The summed E-state index contributed by atoms with van der Waals surface area (Å²) in [6, 6.07) is 8.93. The first kappa shape index (κ1) is 17.6. The summed E-state index contributed by atoms with van der Waals surface area (Å²) in [6.45, 7) is 4.11. The number of alkyl halides is 3. The van der Waals surface area contributed by atoms with Crippen LogP contribution in [0, 0.1) is 6.92 Å². The highest BCUT2D eigenvalue weighted by atomic mass is 19.4.